The highest BCUT2D eigenvalue weighted by Crippen LogP contribution is 2.18. The van der Waals surface area contributed by atoms with E-state index in [0.29, 0.717) is 13.0 Å². The van der Waals surface area contributed by atoms with Gasteiger partial charge in [-0.3, -0.25) is 0 Å². The summed E-state index contributed by atoms with van der Waals surface area (Å²) in [5.41, 5.74) is 1.000. The van der Waals surface area contributed by atoms with Crippen LogP contribution in [0.2, 0.25) is 0 Å². The van der Waals surface area contributed by atoms with Crippen LogP contribution in [0.5, 0.6) is 0 Å². The molecule has 0 radical (unpaired) electrons. The number of rotatable bonds is 2. The van der Waals surface area contributed by atoms with Crippen LogP contribution in [0.15, 0.2) is 5.38 Å². The zero-order chi connectivity index (χ0) is 9.80. The molecule has 1 aliphatic rings. The lowest BCUT2D eigenvalue weighted by molar-refractivity contribution is 0.0758. The fourth-order valence-electron chi connectivity index (χ4n) is 1.39. The van der Waals surface area contributed by atoms with Crippen molar-refractivity contribution >= 4 is 11.3 Å². The van der Waals surface area contributed by atoms with Gasteiger partial charge in [-0.1, -0.05) is 0 Å². The largest absolute Gasteiger partial charge is 0.378 e. The van der Waals surface area contributed by atoms with E-state index >= 15 is 0 Å². The van der Waals surface area contributed by atoms with Crippen LogP contribution in [0, 0.1) is 11.3 Å². The molecule has 1 atom stereocenters. The van der Waals surface area contributed by atoms with E-state index in [1.807, 2.05) is 5.38 Å². The Hall–Kier alpha value is -0.960. The predicted molar refractivity (Wildman–Crippen MR) is 53.0 cm³/mol. The van der Waals surface area contributed by atoms with Crippen LogP contribution in [0.25, 0.3) is 0 Å². The molecule has 0 aliphatic carbocycles. The minimum atomic E-state index is 0.201. The molecule has 1 fully saturated rings. The third kappa shape index (κ3) is 2.10. The third-order valence-corrected chi connectivity index (χ3v) is 2.95. The van der Waals surface area contributed by atoms with Gasteiger partial charge in [-0.2, -0.15) is 5.26 Å². The summed E-state index contributed by atoms with van der Waals surface area (Å²) in [6.07, 6.45) is 0.401. The molecule has 14 heavy (non-hydrogen) atoms. The number of ether oxygens (including phenoxy) is 1. The summed E-state index contributed by atoms with van der Waals surface area (Å²) in [5, 5.41) is 14.7. The maximum absolute atomic E-state index is 8.52. The van der Waals surface area contributed by atoms with Crippen LogP contribution in [0.4, 0.5) is 0 Å². The zero-order valence-corrected chi connectivity index (χ0v) is 8.51. The van der Waals surface area contributed by atoms with Crippen molar-refractivity contribution in [3.8, 4) is 6.07 Å². The molecule has 1 unspecified atom stereocenters. The maximum Gasteiger partial charge on any atom is 0.107 e. The van der Waals surface area contributed by atoms with Gasteiger partial charge in [-0.05, 0) is 0 Å². The highest BCUT2D eigenvalue weighted by Gasteiger charge is 2.17. The van der Waals surface area contributed by atoms with Crippen molar-refractivity contribution in [3.05, 3.63) is 16.1 Å². The second kappa shape index (κ2) is 4.51. The van der Waals surface area contributed by atoms with E-state index in [1.54, 1.807) is 0 Å². The zero-order valence-electron chi connectivity index (χ0n) is 7.69. The number of thiazole rings is 1. The van der Waals surface area contributed by atoms with E-state index in [2.05, 4.69) is 16.4 Å². The number of hydrogen-bond donors (Lipinski definition) is 1. The predicted octanol–water partition coefficient (Wildman–Crippen LogP) is 0.870. The van der Waals surface area contributed by atoms with Gasteiger partial charge in [0.1, 0.15) is 5.01 Å². The molecular formula is C9H11N3OS. The summed E-state index contributed by atoms with van der Waals surface area (Å²) < 4.78 is 5.34. The van der Waals surface area contributed by atoms with Gasteiger partial charge in [0, 0.05) is 11.9 Å². The molecule has 5 heteroatoms. The number of nitriles is 1. The van der Waals surface area contributed by atoms with Crippen LogP contribution in [0.3, 0.4) is 0 Å². The van der Waals surface area contributed by atoms with Gasteiger partial charge in [0.2, 0.25) is 0 Å². The Kier molecular flexibility index (Phi) is 3.09. The van der Waals surface area contributed by atoms with Crippen LogP contribution in [-0.4, -0.2) is 24.7 Å². The van der Waals surface area contributed by atoms with Gasteiger partial charge in [0.05, 0.1) is 37.4 Å². The van der Waals surface area contributed by atoms with Crippen molar-refractivity contribution in [2.45, 2.75) is 12.5 Å². The van der Waals surface area contributed by atoms with Gasteiger partial charge >= 0.3 is 0 Å². The fourth-order valence-corrected chi connectivity index (χ4v) is 2.17. The number of aromatic nitrogens is 1. The first-order valence-electron chi connectivity index (χ1n) is 4.52. The Morgan fingerprint density at radius 1 is 1.79 bits per heavy atom. The SMILES string of the molecule is N#CCc1nc(C2COCCN2)cs1. The first kappa shape index (κ1) is 9.59. The summed E-state index contributed by atoms with van der Waals surface area (Å²) >= 11 is 1.54. The lowest BCUT2D eigenvalue weighted by atomic mass is 10.2. The van der Waals surface area contributed by atoms with Crippen LogP contribution in [0.1, 0.15) is 16.7 Å². The Morgan fingerprint density at radius 3 is 3.43 bits per heavy atom. The molecule has 0 aromatic carbocycles. The van der Waals surface area contributed by atoms with Crippen molar-refractivity contribution in [2.24, 2.45) is 0 Å². The quantitative estimate of drug-likeness (QED) is 0.785. The second-order valence-electron chi connectivity index (χ2n) is 3.08. The average Bonchev–Trinajstić information content (AvgIpc) is 2.68. The number of nitrogens with zero attached hydrogens (tertiary/aromatic N) is 2. The molecule has 1 aromatic rings. The topological polar surface area (TPSA) is 57.9 Å². The number of hydrogen-bond acceptors (Lipinski definition) is 5. The normalized spacial score (nSPS) is 21.8. The molecular weight excluding hydrogens is 198 g/mol. The van der Waals surface area contributed by atoms with Crippen LogP contribution < -0.4 is 5.32 Å². The molecule has 0 amide bonds. The second-order valence-corrected chi connectivity index (χ2v) is 4.03. The molecule has 0 saturated carbocycles. The van der Waals surface area contributed by atoms with Crippen molar-refractivity contribution in [3.63, 3.8) is 0 Å². The number of nitrogens with one attached hydrogen (secondary N) is 1. The molecule has 4 nitrogen and oxygen atoms in total. The maximum atomic E-state index is 8.52. The van der Waals surface area contributed by atoms with E-state index in [1.165, 1.54) is 11.3 Å². The smallest absolute Gasteiger partial charge is 0.107 e. The first-order valence-corrected chi connectivity index (χ1v) is 5.40. The van der Waals surface area contributed by atoms with Crippen molar-refractivity contribution in [1.82, 2.24) is 10.3 Å². The lowest BCUT2D eigenvalue weighted by Crippen LogP contribution is -2.34. The summed E-state index contributed by atoms with van der Waals surface area (Å²) in [6.45, 7) is 2.32. The van der Waals surface area contributed by atoms with Crippen molar-refractivity contribution < 1.29 is 4.74 Å². The molecule has 0 bridgehead atoms. The number of morpholine rings is 1. The molecule has 1 saturated heterocycles. The monoisotopic (exact) mass is 209 g/mol. The molecule has 74 valence electrons. The minimum absolute atomic E-state index is 0.201. The molecule has 2 rings (SSSR count). The minimum Gasteiger partial charge on any atom is -0.378 e. The molecule has 0 spiro atoms. The van der Waals surface area contributed by atoms with Gasteiger partial charge < -0.3 is 10.1 Å². The van der Waals surface area contributed by atoms with E-state index < -0.39 is 0 Å². The van der Waals surface area contributed by atoms with Gasteiger partial charge in [-0.25, -0.2) is 4.98 Å². The van der Waals surface area contributed by atoms with Crippen molar-refractivity contribution in [1.29, 1.82) is 5.26 Å². The highest BCUT2D eigenvalue weighted by atomic mass is 32.1. The molecule has 1 aliphatic heterocycles. The van der Waals surface area contributed by atoms with E-state index in [0.717, 1.165) is 23.9 Å². The summed E-state index contributed by atoms with van der Waals surface area (Å²) in [7, 11) is 0. The average molecular weight is 209 g/mol. The summed E-state index contributed by atoms with van der Waals surface area (Å²) in [5.74, 6) is 0. The Morgan fingerprint density at radius 2 is 2.71 bits per heavy atom. The van der Waals surface area contributed by atoms with E-state index in [9.17, 15) is 0 Å². The Labute approximate surface area is 86.5 Å². The van der Waals surface area contributed by atoms with E-state index in [4.69, 9.17) is 10.00 Å². The first-order chi connectivity index (χ1) is 6.90. The van der Waals surface area contributed by atoms with Crippen molar-refractivity contribution in [2.75, 3.05) is 19.8 Å². The van der Waals surface area contributed by atoms with Gasteiger partial charge in [-0.15, -0.1) is 11.3 Å². The lowest BCUT2D eigenvalue weighted by Gasteiger charge is -2.21. The van der Waals surface area contributed by atoms with Crippen LogP contribution in [-0.2, 0) is 11.2 Å². The van der Waals surface area contributed by atoms with Gasteiger partial charge in [0.15, 0.2) is 0 Å². The summed E-state index contributed by atoms with van der Waals surface area (Å²) in [4.78, 5) is 4.38. The van der Waals surface area contributed by atoms with Crippen LogP contribution >= 0.6 is 11.3 Å². The van der Waals surface area contributed by atoms with E-state index in [-0.39, 0.29) is 6.04 Å². The molecule has 1 aromatic heterocycles. The van der Waals surface area contributed by atoms with Gasteiger partial charge in [0.25, 0.3) is 0 Å². The Balaban J connectivity index is 2.04. The fraction of sp³-hybridized carbons (Fsp3) is 0.556. The standard InChI is InChI=1S/C9H11N3OS/c10-2-1-9-12-8(6-14-9)7-5-13-4-3-11-7/h6-7,11H,1,3-5H2. The highest BCUT2D eigenvalue weighted by molar-refractivity contribution is 7.09. The summed E-state index contributed by atoms with van der Waals surface area (Å²) in [6, 6.07) is 2.30. The third-order valence-electron chi connectivity index (χ3n) is 2.08. The molecule has 1 N–H and O–H groups in total. The Bertz CT molecular complexity index is 338. The molecule has 2 heterocycles.